The molecule has 4 nitrogen and oxygen atoms in total. The second kappa shape index (κ2) is 4.61. The Bertz CT molecular complexity index is 353. The summed E-state index contributed by atoms with van der Waals surface area (Å²) >= 11 is 0. The van der Waals surface area contributed by atoms with Crippen LogP contribution in [-0.4, -0.2) is 36.4 Å². The zero-order valence-corrected chi connectivity index (χ0v) is 10.2. The van der Waals surface area contributed by atoms with Gasteiger partial charge in [0.25, 0.3) is 0 Å². The van der Waals surface area contributed by atoms with Gasteiger partial charge < -0.3 is 10.2 Å². The molecule has 0 aliphatic carbocycles. The molecular formula is C13H20N4. The van der Waals surface area contributed by atoms with E-state index in [1.807, 2.05) is 6.07 Å². The number of piperidine rings is 2. The molecule has 92 valence electrons. The molecule has 1 spiro atoms. The Morgan fingerprint density at radius 2 is 2.24 bits per heavy atom. The maximum Gasteiger partial charge on any atom is 0.151 e. The maximum atomic E-state index is 4.24. The van der Waals surface area contributed by atoms with Crippen LogP contribution < -0.4 is 10.2 Å². The predicted octanol–water partition coefficient (Wildman–Crippen LogP) is 1.45. The van der Waals surface area contributed by atoms with Crippen molar-refractivity contribution in [2.24, 2.45) is 5.41 Å². The van der Waals surface area contributed by atoms with E-state index in [-0.39, 0.29) is 0 Å². The van der Waals surface area contributed by atoms with Crippen molar-refractivity contribution in [3.05, 3.63) is 18.3 Å². The van der Waals surface area contributed by atoms with Gasteiger partial charge in [-0.1, -0.05) is 0 Å². The number of rotatable bonds is 1. The summed E-state index contributed by atoms with van der Waals surface area (Å²) in [6, 6.07) is 4.05. The van der Waals surface area contributed by atoms with Crippen LogP contribution in [0, 0.1) is 5.41 Å². The fraction of sp³-hybridized carbons (Fsp3) is 0.692. The Hall–Kier alpha value is -1.16. The average Bonchev–Trinajstić information content (AvgIpc) is 2.41. The van der Waals surface area contributed by atoms with Crippen LogP contribution in [0.1, 0.15) is 25.7 Å². The van der Waals surface area contributed by atoms with Crippen molar-refractivity contribution in [1.82, 2.24) is 15.5 Å². The van der Waals surface area contributed by atoms with Gasteiger partial charge in [0.2, 0.25) is 0 Å². The smallest absolute Gasteiger partial charge is 0.151 e. The van der Waals surface area contributed by atoms with Gasteiger partial charge in [-0.15, -0.1) is 5.10 Å². The lowest BCUT2D eigenvalue weighted by Crippen LogP contribution is -2.51. The summed E-state index contributed by atoms with van der Waals surface area (Å²) < 4.78 is 0. The van der Waals surface area contributed by atoms with Crippen LogP contribution in [-0.2, 0) is 0 Å². The van der Waals surface area contributed by atoms with Crippen molar-refractivity contribution >= 4 is 5.82 Å². The molecule has 1 atom stereocenters. The SMILES string of the molecule is c1cnnc(N2CCCC3(CCCNC3)C2)c1. The largest absolute Gasteiger partial charge is 0.355 e. The standard InChI is InChI=1S/C13H20N4/c1-4-12(16-15-8-1)17-9-3-6-13(11-17)5-2-7-14-10-13/h1,4,8,14H,2-3,5-7,9-11H2. The zero-order chi connectivity index (χ0) is 11.6. The molecule has 17 heavy (non-hydrogen) atoms. The minimum atomic E-state index is 0.480. The first-order valence-electron chi connectivity index (χ1n) is 6.61. The summed E-state index contributed by atoms with van der Waals surface area (Å²) in [5.74, 6) is 1.04. The molecule has 3 heterocycles. The highest BCUT2D eigenvalue weighted by Crippen LogP contribution is 2.36. The maximum absolute atomic E-state index is 4.24. The van der Waals surface area contributed by atoms with Gasteiger partial charge in [-0.2, -0.15) is 5.10 Å². The van der Waals surface area contributed by atoms with Crippen molar-refractivity contribution in [3.8, 4) is 0 Å². The third kappa shape index (κ3) is 2.27. The molecule has 0 amide bonds. The van der Waals surface area contributed by atoms with Gasteiger partial charge in [0, 0.05) is 31.2 Å². The molecule has 0 bridgehead atoms. The van der Waals surface area contributed by atoms with E-state index in [4.69, 9.17) is 0 Å². The van der Waals surface area contributed by atoms with Crippen LogP contribution in [0.4, 0.5) is 5.82 Å². The number of aromatic nitrogens is 2. The number of anilines is 1. The second-order valence-corrected chi connectivity index (χ2v) is 5.39. The lowest BCUT2D eigenvalue weighted by atomic mass is 9.74. The third-order valence-electron chi connectivity index (χ3n) is 4.10. The van der Waals surface area contributed by atoms with Crippen molar-refractivity contribution in [3.63, 3.8) is 0 Å². The van der Waals surface area contributed by atoms with E-state index in [9.17, 15) is 0 Å². The van der Waals surface area contributed by atoms with Crippen molar-refractivity contribution in [2.75, 3.05) is 31.1 Å². The van der Waals surface area contributed by atoms with Gasteiger partial charge in [0.05, 0.1) is 0 Å². The van der Waals surface area contributed by atoms with Crippen molar-refractivity contribution in [1.29, 1.82) is 0 Å². The Balaban J connectivity index is 1.75. The summed E-state index contributed by atoms with van der Waals surface area (Å²) in [5, 5.41) is 11.8. The predicted molar refractivity (Wildman–Crippen MR) is 68.0 cm³/mol. The first kappa shape index (κ1) is 11.0. The Morgan fingerprint density at radius 1 is 1.29 bits per heavy atom. The summed E-state index contributed by atoms with van der Waals surface area (Å²) in [7, 11) is 0. The van der Waals surface area contributed by atoms with Gasteiger partial charge in [-0.05, 0) is 44.4 Å². The number of nitrogens with zero attached hydrogens (tertiary/aromatic N) is 3. The quantitative estimate of drug-likeness (QED) is 0.795. The number of hydrogen-bond acceptors (Lipinski definition) is 4. The highest BCUT2D eigenvalue weighted by molar-refractivity contribution is 5.37. The molecule has 0 radical (unpaired) electrons. The van der Waals surface area contributed by atoms with Crippen LogP contribution in [0.3, 0.4) is 0 Å². The van der Waals surface area contributed by atoms with Crippen LogP contribution in [0.5, 0.6) is 0 Å². The summed E-state index contributed by atoms with van der Waals surface area (Å²) in [6.07, 6.45) is 7.05. The van der Waals surface area contributed by atoms with Crippen LogP contribution >= 0.6 is 0 Å². The molecule has 2 aliphatic rings. The summed E-state index contributed by atoms with van der Waals surface area (Å²) in [4.78, 5) is 2.41. The van der Waals surface area contributed by atoms with Gasteiger partial charge in [-0.25, -0.2) is 0 Å². The van der Waals surface area contributed by atoms with Crippen LogP contribution in [0.25, 0.3) is 0 Å². The van der Waals surface area contributed by atoms with Gasteiger partial charge >= 0.3 is 0 Å². The van der Waals surface area contributed by atoms with E-state index in [1.54, 1.807) is 6.20 Å². The molecule has 2 aliphatic heterocycles. The average molecular weight is 232 g/mol. The Labute approximate surface area is 102 Å². The first-order chi connectivity index (χ1) is 8.38. The molecule has 2 saturated heterocycles. The molecular weight excluding hydrogens is 212 g/mol. The van der Waals surface area contributed by atoms with Crippen LogP contribution in [0.15, 0.2) is 18.3 Å². The molecule has 4 heteroatoms. The monoisotopic (exact) mass is 232 g/mol. The highest BCUT2D eigenvalue weighted by Gasteiger charge is 2.36. The second-order valence-electron chi connectivity index (χ2n) is 5.39. The lowest BCUT2D eigenvalue weighted by Gasteiger charge is -2.45. The number of nitrogens with one attached hydrogen (secondary N) is 1. The molecule has 1 unspecified atom stereocenters. The van der Waals surface area contributed by atoms with Crippen molar-refractivity contribution < 1.29 is 0 Å². The van der Waals surface area contributed by atoms with E-state index in [0.717, 1.165) is 18.9 Å². The molecule has 2 fully saturated rings. The minimum Gasteiger partial charge on any atom is -0.355 e. The molecule has 0 saturated carbocycles. The van der Waals surface area contributed by atoms with Gasteiger partial charge in [-0.3, -0.25) is 0 Å². The zero-order valence-electron chi connectivity index (χ0n) is 10.2. The molecule has 1 N–H and O–H groups in total. The Morgan fingerprint density at radius 3 is 3.00 bits per heavy atom. The van der Waals surface area contributed by atoms with Gasteiger partial charge in [0.1, 0.15) is 0 Å². The van der Waals surface area contributed by atoms with E-state index in [0.29, 0.717) is 5.41 Å². The molecule has 1 aromatic heterocycles. The van der Waals surface area contributed by atoms with Crippen LogP contribution in [0.2, 0.25) is 0 Å². The lowest BCUT2D eigenvalue weighted by molar-refractivity contribution is 0.172. The minimum absolute atomic E-state index is 0.480. The summed E-state index contributed by atoms with van der Waals surface area (Å²) in [6.45, 7) is 4.62. The topological polar surface area (TPSA) is 41.1 Å². The summed E-state index contributed by atoms with van der Waals surface area (Å²) in [5.41, 5.74) is 0.480. The van der Waals surface area contributed by atoms with E-state index < -0.39 is 0 Å². The fourth-order valence-corrected chi connectivity index (χ4v) is 3.24. The third-order valence-corrected chi connectivity index (χ3v) is 4.10. The number of hydrogen-bond donors (Lipinski definition) is 1. The first-order valence-corrected chi connectivity index (χ1v) is 6.61. The molecule has 0 aromatic carbocycles. The van der Waals surface area contributed by atoms with E-state index >= 15 is 0 Å². The van der Waals surface area contributed by atoms with E-state index in [2.05, 4.69) is 26.5 Å². The Kier molecular flexibility index (Phi) is 2.97. The highest BCUT2D eigenvalue weighted by atomic mass is 15.3. The fourth-order valence-electron chi connectivity index (χ4n) is 3.24. The van der Waals surface area contributed by atoms with E-state index in [1.165, 1.54) is 38.8 Å². The molecule has 1 aromatic rings. The normalized spacial score (nSPS) is 29.5. The van der Waals surface area contributed by atoms with Crippen molar-refractivity contribution in [2.45, 2.75) is 25.7 Å². The molecule has 3 rings (SSSR count). The van der Waals surface area contributed by atoms with Gasteiger partial charge in [0.15, 0.2) is 5.82 Å².